The number of carbonyl (C=O) groups is 1. The predicted octanol–water partition coefficient (Wildman–Crippen LogP) is 7.19. The van der Waals surface area contributed by atoms with Gasteiger partial charge in [-0.2, -0.15) is 23.1 Å². The van der Waals surface area contributed by atoms with E-state index in [2.05, 4.69) is 22.8 Å². The minimum absolute atomic E-state index is 0.0192. The second-order valence-electron chi connectivity index (χ2n) is 15.1. The Morgan fingerprint density at radius 2 is 1.98 bits per heavy atom. The van der Waals surface area contributed by atoms with Crippen molar-refractivity contribution in [2.75, 3.05) is 48.4 Å². The Bertz CT molecular complexity index is 2200. The summed E-state index contributed by atoms with van der Waals surface area (Å²) in [6.45, 7) is 6.27. The molecule has 2 aliphatic heterocycles. The average Bonchev–Trinajstić information content (AvgIpc) is 3.79. The van der Waals surface area contributed by atoms with Crippen molar-refractivity contribution in [2.45, 2.75) is 75.4 Å². The summed E-state index contributed by atoms with van der Waals surface area (Å²) in [6.07, 6.45) is 6.16. The number of amides is 1. The highest BCUT2D eigenvalue weighted by Gasteiger charge is 2.44. The van der Waals surface area contributed by atoms with E-state index >= 15 is 4.39 Å². The first-order valence-electron chi connectivity index (χ1n) is 18.4. The third-order valence-corrected chi connectivity index (χ3v) is 11.5. The Morgan fingerprint density at radius 1 is 1.21 bits per heavy atom. The van der Waals surface area contributed by atoms with Crippen molar-refractivity contribution < 1.29 is 36.6 Å². The number of hydrogen-bond donors (Lipinski definition) is 2. The van der Waals surface area contributed by atoms with Gasteiger partial charge in [-0.15, -0.1) is 6.42 Å². The lowest BCUT2D eigenvalue weighted by atomic mass is 9.94. The smallest absolute Gasteiger partial charge is 0.433 e. The number of alkyl halides is 4. The van der Waals surface area contributed by atoms with Gasteiger partial charge in [0.15, 0.2) is 0 Å². The van der Waals surface area contributed by atoms with Crippen molar-refractivity contribution in [3.05, 3.63) is 83.6 Å². The fraction of sp³-hybridized carbons (Fsp3) is 0.415. The molecule has 1 amide bonds. The average molecular weight is 776 g/mol. The number of nitrogens with one attached hydrogen (secondary N) is 1. The minimum atomic E-state index is -4.62. The number of carbonyl (C=O) groups excluding carboxylic acids is 1. The van der Waals surface area contributed by atoms with E-state index in [1.807, 2.05) is 4.90 Å². The molecule has 1 saturated carbocycles. The molecular weight excluding hydrogens is 733 g/mol. The molecular formula is C41H42F5N7O3. The van der Waals surface area contributed by atoms with Crippen LogP contribution >= 0.6 is 0 Å². The summed E-state index contributed by atoms with van der Waals surface area (Å²) in [6, 6.07) is 8.01. The lowest BCUT2D eigenvalue weighted by Crippen LogP contribution is -2.51. The van der Waals surface area contributed by atoms with Gasteiger partial charge < -0.3 is 29.9 Å². The second kappa shape index (κ2) is 14.8. The van der Waals surface area contributed by atoms with E-state index < -0.39 is 34.9 Å². The molecule has 2 fully saturated rings. The maximum atomic E-state index is 15.1. The highest BCUT2D eigenvalue weighted by molar-refractivity contribution is 6.00. The molecule has 56 heavy (non-hydrogen) atoms. The third kappa shape index (κ3) is 7.24. The first kappa shape index (κ1) is 38.6. The van der Waals surface area contributed by atoms with Gasteiger partial charge >= 0.3 is 12.2 Å². The molecule has 1 saturated heterocycles. The van der Waals surface area contributed by atoms with Crippen LogP contribution in [0, 0.1) is 18.2 Å². The summed E-state index contributed by atoms with van der Waals surface area (Å²) in [5, 5.41) is 15.2. The molecule has 7 rings (SSSR count). The van der Waals surface area contributed by atoms with Gasteiger partial charge in [0.2, 0.25) is 5.91 Å². The molecule has 0 spiro atoms. The van der Waals surface area contributed by atoms with Crippen LogP contribution in [0.1, 0.15) is 61.5 Å². The zero-order chi connectivity index (χ0) is 40.0. The van der Waals surface area contributed by atoms with Crippen LogP contribution in [-0.2, 0) is 23.9 Å². The maximum Gasteiger partial charge on any atom is 0.433 e. The lowest BCUT2D eigenvalue weighted by Gasteiger charge is -2.39. The van der Waals surface area contributed by atoms with Gasteiger partial charge in [0.25, 0.3) is 0 Å². The predicted molar refractivity (Wildman–Crippen MR) is 203 cm³/mol. The van der Waals surface area contributed by atoms with Crippen molar-refractivity contribution in [2.24, 2.45) is 0 Å². The molecule has 294 valence electrons. The van der Waals surface area contributed by atoms with Crippen LogP contribution in [0.5, 0.6) is 11.8 Å². The first-order chi connectivity index (χ1) is 26.6. The number of aromatic nitrogens is 3. The highest BCUT2D eigenvalue weighted by Crippen LogP contribution is 2.41. The zero-order valence-corrected chi connectivity index (χ0v) is 31.1. The maximum absolute atomic E-state index is 15.1. The number of hydrogen-bond acceptors (Lipinski definition) is 9. The van der Waals surface area contributed by atoms with E-state index in [-0.39, 0.29) is 49.3 Å². The standard InChI is InChI=1S/C41H42F5N7O3/c1-5-29-31(43)11-9-25-17-28(54)18-33(36(25)29)52-16-13-30-32(22-52)49-38(50-37(30)48-23-40(14-7-8-15-40)51(4)35(55)6-2)56-24-39(3)19-26(42)21-53(39)27-10-12-34(47-20-27)41(44,45)46/h1,6,9-12,17-18,20,26,54H,2,7-8,13-16,19,21-24H2,3-4H3,(H,48,49,50)/t26-,39+/m1/s1. The Hall–Kier alpha value is -5.65. The molecule has 15 heteroatoms. The molecule has 0 bridgehead atoms. The summed E-state index contributed by atoms with van der Waals surface area (Å²) in [4.78, 5) is 31.3. The monoisotopic (exact) mass is 775 g/mol. The molecule has 3 aliphatic rings. The van der Waals surface area contributed by atoms with Crippen molar-refractivity contribution in [3.8, 4) is 24.1 Å². The first-order valence-corrected chi connectivity index (χ1v) is 18.4. The fourth-order valence-corrected chi connectivity index (χ4v) is 8.46. The third-order valence-electron chi connectivity index (χ3n) is 11.5. The number of fused-ring (bicyclic) bond motifs is 2. The van der Waals surface area contributed by atoms with Gasteiger partial charge in [0, 0.05) is 49.3 Å². The molecule has 10 nitrogen and oxygen atoms in total. The van der Waals surface area contributed by atoms with E-state index in [9.17, 15) is 27.5 Å². The number of halogens is 5. The van der Waals surface area contributed by atoms with Gasteiger partial charge in [-0.05, 0) is 61.9 Å². The van der Waals surface area contributed by atoms with E-state index in [0.717, 1.165) is 43.5 Å². The Kier molecular flexibility index (Phi) is 10.2. The summed E-state index contributed by atoms with van der Waals surface area (Å²) in [5.74, 6) is 2.18. The minimum Gasteiger partial charge on any atom is -0.508 e. The largest absolute Gasteiger partial charge is 0.508 e. The van der Waals surface area contributed by atoms with Crippen LogP contribution < -0.4 is 19.9 Å². The topological polar surface area (TPSA) is 107 Å². The van der Waals surface area contributed by atoms with Crippen molar-refractivity contribution in [1.82, 2.24) is 19.9 Å². The highest BCUT2D eigenvalue weighted by atomic mass is 19.4. The van der Waals surface area contributed by atoms with Crippen LogP contribution in [0.15, 0.2) is 55.3 Å². The number of pyridine rings is 1. The summed E-state index contributed by atoms with van der Waals surface area (Å²) >= 11 is 0. The Morgan fingerprint density at radius 3 is 2.66 bits per heavy atom. The van der Waals surface area contributed by atoms with Crippen LogP contribution in [0.25, 0.3) is 10.8 Å². The summed E-state index contributed by atoms with van der Waals surface area (Å²) in [7, 11) is 1.77. The number of nitrogens with zero attached hydrogens (tertiary/aromatic N) is 6. The van der Waals surface area contributed by atoms with Crippen LogP contribution in [0.3, 0.4) is 0 Å². The number of ether oxygens (including phenoxy) is 1. The summed E-state index contributed by atoms with van der Waals surface area (Å²) < 4.78 is 76.1. The fourth-order valence-electron chi connectivity index (χ4n) is 8.46. The Balaban J connectivity index is 1.23. The molecule has 0 unspecified atom stereocenters. The Labute approximate surface area is 321 Å². The van der Waals surface area contributed by atoms with E-state index in [0.29, 0.717) is 53.2 Å². The number of benzene rings is 2. The summed E-state index contributed by atoms with van der Waals surface area (Å²) in [5.41, 5.74) is -0.250. The number of anilines is 3. The van der Waals surface area contributed by atoms with Crippen LogP contribution in [-0.4, -0.2) is 81.4 Å². The normalized spacial score (nSPS) is 20.4. The lowest BCUT2D eigenvalue weighted by molar-refractivity contribution is -0.141. The van der Waals surface area contributed by atoms with Crippen molar-refractivity contribution in [1.29, 1.82) is 0 Å². The number of terminal acetylenes is 1. The van der Waals surface area contributed by atoms with Crippen molar-refractivity contribution in [3.63, 3.8) is 0 Å². The van der Waals surface area contributed by atoms with Gasteiger partial charge in [0.1, 0.15) is 35.9 Å². The molecule has 4 heterocycles. The number of phenolic OH excluding ortho intramolecular Hbond substituents is 1. The number of aromatic hydroxyl groups is 1. The molecule has 2 aromatic carbocycles. The molecule has 2 N–H and O–H groups in total. The SMILES string of the molecule is C#Cc1c(F)ccc2cc(O)cc(N3CCc4c(nc(OC[C@]5(C)C[C@@H](F)CN5c5ccc(C(F)(F)F)nc5)nc4NCC4(N(C)C(=O)C=C)CCCC4)C3)c12. The zero-order valence-electron chi connectivity index (χ0n) is 31.1. The van der Waals surface area contributed by atoms with Gasteiger partial charge in [-0.3, -0.25) is 4.79 Å². The van der Waals surface area contributed by atoms with Gasteiger partial charge in [-0.25, -0.2) is 13.8 Å². The van der Waals surface area contributed by atoms with E-state index in [1.165, 1.54) is 24.3 Å². The van der Waals surface area contributed by atoms with Crippen molar-refractivity contribution >= 4 is 33.9 Å². The molecule has 2 atom stereocenters. The quantitative estimate of drug-likeness (QED) is 0.0985. The number of likely N-dealkylation sites (N-methyl/N-ethyl adjacent to an activating group) is 1. The number of phenols is 1. The molecule has 0 radical (unpaired) electrons. The van der Waals surface area contributed by atoms with E-state index in [1.54, 1.807) is 35.9 Å². The number of rotatable bonds is 10. The van der Waals surface area contributed by atoms with Crippen LogP contribution in [0.4, 0.5) is 39.1 Å². The van der Waals surface area contributed by atoms with Gasteiger partial charge in [-0.1, -0.05) is 31.4 Å². The van der Waals surface area contributed by atoms with E-state index in [4.69, 9.17) is 21.1 Å². The van der Waals surface area contributed by atoms with Gasteiger partial charge in [0.05, 0.1) is 47.3 Å². The molecule has 1 aliphatic carbocycles. The molecule has 2 aromatic heterocycles. The molecule has 4 aromatic rings. The second-order valence-corrected chi connectivity index (χ2v) is 15.1. The van der Waals surface area contributed by atoms with Crippen LogP contribution in [0.2, 0.25) is 0 Å².